The van der Waals surface area contributed by atoms with E-state index in [1.54, 1.807) is 6.92 Å². The number of piperazine rings is 1. The molecule has 1 saturated heterocycles. The topological polar surface area (TPSA) is 61.9 Å². The van der Waals surface area contributed by atoms with E-state index in [0.29, 0.717) is 23.7 Å². The number of hydrogen-bond donors (Lipinski definition) is 1. The van der Waals surface area contributed by atoms with Crippen molar-refractivity contribution < 1.29 is 14.3 Å². The fourth-order valence-corrected chi connectivity index (χ4v) is 4.68. The molecule has 1 fully saturated rings. The molecule has 6 nitrogen and oxygen atoms in total. The molecule has 0 unspecified atom stereocenters. The Morgan fingerprint density at radius 1 is 1.10 bits per heavy atom. The molecule has 1 N–H and O–H groups in total. The van der Waals surface area contributed by atoms with Crippen molar-refractivity contribution >= 4 is 39.8 Å². The highest BCUT2D eigenvalue weighted by Crippen LogP contribution is 2.33. The van der Waals surface area contributed by atoms with Gasteiger partial charge in [0.05, 0.1) is 18.7 Å². The zero-order valence-corrected chi connectivity index (χ0v) is 19.2. The summed E-state index contributed by atoms with van der Waals surface area (Å²) in [5.74, 6) is -0.488. The van der Waals surface area contributed by atoms with Crippen molar-refractivity contribution in [2.45, 2.75) is 27.3 Å². The van der Waals surface area contributed by atoms with Crippen molar-refractivity contribution in [2.24, 2.45) is 0 Å². The van der Waals surface area contributed by atoms with Crippen LogP contribution >= 0.6 is 22.9 Å². The summed E-state index contributed by atoms with van der Waals surface area (Å²) in [6.07, 6.45) is 0. The number of nitrogens with zero attached hydrogens (tertiary/aromatic N) is 2. The molecule has 8 heteroatoms. The number of halogens is 1. The highest BCUT2D eigenvalue weighted by Gasteiger charge is 2.24. The third-order valence-electron chi connectivity index (χ3n) is 5.27. The lowest BCUT2D eigenvalue weighted by Crippen LogP contribution is -2.48. The van der Waals surface area contributed by atoms with E-state index in [4.69, 9.17) is 16.3 Å². The van der Waals surface area contributed by atoms with E-state index in [9.17, 15) is 9.59 Å². The van der Waals surface area contributed by atoms with E-state index in [1.807, 2.05) is 38.1 Å². The number of esters is 1. The van der Waals surface area contributed by atoms with Gasteiger partial charge in [0, 0.05) is 42.6 Å². The first kappa shape index (κ1) is 22.7. The molecule has 0 aliphatic carbocycles. The van der Waals surface area contributed by atoms with Gasteiger partial charge in [-0.2, -0.15) is 0 Å². The molecule has 2 heterocycles. The summed E-state index contributed by atoms with van der Waals surface area (Å²) in [6.45, 7) is 10.6. The molecular weight excluding hydrogens is 422 g/mol. The van der Waals surface area contributed by atoms with Crippen molar-refractivity contribution in [3.8, 4) is 0 Å². The van der Waals surface area contributed by atoms with Gasteiger partial charge in [-0.05, 0) is 44.0 Å². The molecule has 2 aromatic rings. The van der Waals surface area contributed by atoms with Crippen LogP contribution in [0.5, 0.6) is 0 Å². The van der Waals surface area contributed by atoms with Crippen LogP contribution in [0.4, 0.5) is 5.00 Å². The maximum atomic E-state index is 12.6. The van der Waals surface area contributed by atoms with Crippen LogP contribution in [-0.2, 0) is 16.1 Å². The van der Waals surface area contributed by atoms with Gasteiger partial charge in [-0.3, -0.25) is 14.6 Å². The van der Waals surface area contributed by atoms with Crippen LogP contribution in [0.25, 0.3) is 0 Å². The third kappa shape index (κ3) is 5.82. The number of carbonyl (C=O) groups excluding carboxylic acids is 2. The third-order valence-corrected chi connectivity index (χ3v) is 6.64. The number of ether oxygens (including phenoxy) is 1. The van der Waals surface area contributed by atoms with E-state index < -0.39 is 0 Å². The summed E-state index contributed by atoms with van der Waals surface area (Å²) >= 11 is 7.37. The molecule has 0 spiro atoms. The van der Waals surface area contributed by atoms with Crippen LogP contribution in [0.3, 0.4) is 0 Å². The highest BCUT2D eigenvalue weighted by molar-refractivity contribution is 7.16. The number of thiophene rings is 1. The molecule has 0 atom stereocenters. The summed E-state index contributed by atoms with van der Waals surface area (Å²) in [7, 11) is 0. The number of hydrogen-bond acceptors (Lipinski definition) is 6. The first-order chi connectivity index (χ1) is 14.4. The lowest BCUT2D eigenvalue weighted by molar-refractivity contribution is -0.117. The molecule has 1 aromatic heterocycles. The predicted octanol–water partition coefficient (Wildman–Crippen LogP) is 3.95. The summed E-state index contributed by atoms with van der Waals surface area (Å²) in [6, 6.07) is 7.93. The molecule has 1 amide bonds. The Labute approximate surface area is 186 Å². The van der Waals surface area contributed by atoms with Gasteiger partial charge in [-0.1, -0.05) is 23.7 Å². The van der Waals surface area contributed by atoms with E-state index in [0.717, 1.165) is 48.2 Å². The molecule has 1 aromatic carbocycles. The Balaban J connectivity index is 1.51. The number of aryl methyl sites for hydroxylation is 1. The Kier molecular flexibility index (Phi) is 7.88. The molecular formula is C22H28ClN3O3S. The van der Waals surface area contributed by atoms with E-state index >= 15 is 0 Å². The summed E-state index contributed by atoms with van der Waals surface area (Å²) in [5, 5.41) is 4.25. The quantitative estimate of drug-likeness (QED) is 0.648. The van der Waals surface area contributed by atoms with Crippen molar-refractivity contribution in [3.63, 3.8) is 0 Å². The zero-order valence-electron chi connectivity index (χ0n) is 17.7. The summed E-state index contributed by atoms with van der Waals surface area (Å²) in [4.78, 5) is 30.4. The maximum Gasteiger partial charge on any atom is 0.341 e. The van der Waals surface area contributed by atoms with Gasteiger partial charge in [0.25, 0.3) is 0 Å². The SMILES string of the molecule is CCOC(=O)c1c(NC(=O)CN2CCN(Cc3ccc(Cl)cc3)CC2)sc(C)c1C. The molecule has 0 radical (unpaired) electrons. The molecule has 0 saturated carbocycles. The normalized spacial score (nSPS) is 15.2. The fraction of sp³-hybridized carbons (Fsp3) is 0.455. The van der Waals surface area contributed by atoms with E-state index in [1.165, 1.54) is 16.9 Å². The maximum absolute atomic E-state index is 12.6. The van der Waals surface area contributed by atoms with Gasteiger partial charge in [0.15, 0.2) is 0 Å². The summed E-state index contributed by atoms with van der Waals surface area (Å²) < 4.78 is 5.15. The highest BCUT2D eigenvalue weighted by atomic mass is 35.5. The molecule has 1 aliphatic rings. The van der Waals surface area contributed by atoms with Crippen LogP contribution in [0.2, 0.25) is 5.02 Å². The minimum atomic E-state index is -0.384. The van der Waals surface area contributed by atoms with Crippen LogP contribution in [0.15, 0.2) is 24.3 Å². The second kappa shape index (κ2) is 10.4. The van der Waals surface area contributed by atoms with Crippen molar-refractivity contribution in [2.75, 3.05) is 44.6 Å². The minimum Gasteiger partial charge on any atom is -0.462 e. The Morgan fingerprint density at radius 2 is 1.73 bits per heavy atom. The average molecular weight is 450 g/mol. The largest absolute Gasteiger partial charge is 0.462 e. The fourth-order valence-electron chi connectivity index (χ4n) is 3.49. The standard InChI is InChI=1S/C22H28ClN3O3S/c1-4-29-22(28)20-15(2)16(3)30-21(20)24-19(27)14-26-11-9-25(10-12-26)13-17-5-7-18(23)8-6-17/h5-8H,4,9-14H2,1-3H3,(H,24,27). The van der Waals surface area contributed by atoms with Crippen LogP contribution < -0.4 is 5.32 Å². The second-order valence-electron chi connectivity index (χ2n) is 7.43. The van der Waals surface area contributed by atoms with Crippen LogP contribution in [0, 0.1) is 13.8 Å². The lowest BCUT2D eigenvalue weighted by Gasteiger charge is -2.34. The number of benzene rings is 1. The Morgan fingerprint density at radius 3 is 2.37 bits per heavy atom. The lowest BCUT2D eigenvalue weighted by atomic mass is 10.1. The Hall–Kier alpha value is -1.93. The molecule has 1 aliphatic heterocycles. The summed E-state index contributed by atoms with van der Waals surface area (Å²) in [5.41, 5.74) is 2.57. The van der Waals surface area contributed by atoms with E-state index in [-0.39, 0.29) is 11.9 Å². The predicted molar refractivity (Wildman–Crippen MR) is 122 cm³/mol. The average Bonchev–Trinajstić information content (AvgIpc) is 2.98. The van der Waals surface area contributed by atoms with Gasteiger partial charge in [-0.15, -0.1) is 11.3 Å². The number of rotatable bonds is 7. The minimum absolute atomic E-state index is 0.104. The second-order valence-corrected chi connectivity index (χ2v) is 9.10. The zero-order chi connectivity index (χ0) is 21.7. The van der Waals surface area contributed by atoms with Crippen molar-refractivity contribution in [1.29, 1.82) is 0 Å². The monoisotopic (exact) mass is 449 g/mol. The van der Waals surface area contributed by atoms with E-state index in [2.05, 4.69) is 15.1 Å². The van der Waals surface area contributed by atoms with Gasteiger partial charge in [0.1, 0.15) is 5.00 Å². The van der Waals surface area contributed by atoms with Gasteiger partial charge < -0.3 is 10.1 Å². The number of anilines is 1. The Bertz CT molecular complexity index is 890. The van der Waals surface area contributed by atoms with Crippen molar-refractivity contribution in [1.82, 2.24) is 9.80 Å². The molecule has 30 heavy (non-hydrogen) atoms. The number of amides is 1. The molecule has 162 valence electrons. The number of nitrogens with one attached hydrogen (secondary N) is 1. The molecule has 3 rings (SSSR count). The number of carbonyl (C=O) groups is 2. The smallest absolute Gasteiger partial charge is 0.341 e. The van der Waals surface area contributed by atoms with Gasteiger partial charge in [-0.25, -0.2) is 4.79 Å². The first-order valence-corrected chi connectivity index (χ1v) is 11.3. The first-order valence-electron chi connectivity index (χ1n) is 10.1. The van der Waals surface area contributed by atoms with Gasteiger partial charge >= 0.3 is 5.97 Å². The van der Waals surface area contributed by atoms with Gasteiger partial charge in [0.2, 0.25) is 5.91 Å². The van der Waals surface area contributed by atoms with Crippen LogP contribution in [-0.4, -0.2) is 61.0 Å². The van der Waals surface area contributed by atoms with Crippen molar-refractivity contribution in [3.05, 3.63) is 50.9 Å². The molecule has 0 bridgehead atoms. The van der Waals surface area contributed by atoms with Crippen LogP contribution in [0.1, 0.15) is 33.3 Å².